The summed E-state index contributed by atoms with van der Waals surface area (Å²) in [5.74, 6) is -0.601. The average molecular weight is 455 g/mol. The van der Waals surface area contributed by atoms with Crippen LogP contribution in [0.15, 0.2) is 88.7 Å². The Balaban J connectivity index is 1.77. The Bertz CT molecular complexity index is 1190. The third kappa shape index (κ3) is 4.13. The first kappa shape index (κ1) is 21.7. The number of hydrogen-bond acceptors (Lipinski definition) is 4. The van der Waals surface area contributed by atoms with E-state index >= 15 is 0 Å². The number of rotatable bonds is 5. The molecule has 0 atom stereocenters. The van der Waals surface area contributed by atoms with Crippen molar-refractivity contribution in [2.75, 3.05) is 12.0 Å². The van der Waals surface area contributed by atoms with Gasteiger partial charge in [-0.1, -0.05) is 42.1 Å². The molecule has 8 heteroatoms. The third-order valence-corrected chi connectivity index (χ3v) is 5.93. The average Bonchev–Trinajstić information content (AvgIpc) is 3.03. The number of methoxy groups -OCH3 is 1. The molecule has 0 saturated heterocycles. The van der Waals surface area contributed by atoms with Crippen molar-refractivity contribution in [3.05, 3.63) is 94.9 Å². The van der Waals surface area contributed by atoms with Crippen molar-refractivity contribution in [2.45, 2.75) is 11.1 Å². The maximum atomic E-state index is 13.3. The van der Waals surface area contributed by atoms with E-state index in [9.17, 15) is 22.8 Å². The Labute approximate surface area is 186 Å². The summed E-state index contributed by atoms with van der Waals surface area (Å²) < 4.78 is 43.9. The molecular formula is C24H16F3NO3S. The molecule has 1 aliphatic rings. The van der Waals surface area contributed by atoms with Crippen LogP contribution in [0.25, 0.3) is 5.57 Å². The zero-order valence-corrected chi connectivity index (χ0v) is 17.5. The summed E-state index contributed by atoms with van der Waals surface area (Å²) in [6.07, 6.45) is -4.52. The molecule has 2 amide bonds. The van der Waals surface area contributed by atoms with Gasteiger partial charge >= 0.3 is 6.18 Å². The largest absolute Gasteiger partial charge is 0.497 e. The summed E-state index contributed by atoms with van der Waals surface area (Å²) in [6, 6.07) is 19.7. The van der Waals surface area contributed by atoms with Crippen molar-refractivity contribution in [3.8, 4) is 5.75 Å². The normalized spacial score (nSPS) is 14.3. The maximum Gasteiger partial charge on any atom is 0.416 e. The second-order valence-corrected chi connectivity index (χ2v) is 7.92. The Morgan fingerprint density at radius 3 is 2.00 bits per heavy atom. The molecule has 0 saturated carbocycles. The number of halogens is 3. The smallest absolute Gasteiger partial charge is 0.416 e. The van der Waals surface area contributed by atoms with E-state index in [2.05, 4.69) is 0 Å². The summed E-state index contributed by atoms with van der Waals surface area (Å²) in [5.41, 5.74) is -0.0892. The molecule has 0 aliphatic carbocycles. The van der Waals surface area contributed by atoms with Crippen molar-refractivity contribution in [2.24, 2.45) is 0 Å². The predicted molar refractivity (Wildman–Crippen MR) is 116 cm³/mol. The Kier molecular flexibility index (Phi) is 5.80. The lowest BCUT2D eigenvalue weighted by atomic mass is 10.1. The highest BCUT2D eigenvalue weighted by atomic mass is 32.2. The quantitative estimate of drug-likeness (QED) is 0.457. The molecule has 3 aromatic carbocycles. The number of anilines is 1. The second-order valence-electron chi connectivity index (χ2n) is 6.84. The fourth-order valence-electron chi connectivity index (χ4n) is 3.26. The van der Waals surface area contributed by atoms with E-state index in [-0.39, 0.29) is 16.2 Å². The van der Waals surface area contributed by atoms with Crippen LogP contribution in [-0.2, 0) is 15.8 Å². The molecule has 1 aliphatic heterocycles. The van der Waals surface area contributed by atoms with Gasteiger partial charge in [-0.3, -0.25) is 9.59 Å². The number of carbonyl (C=O) groups is 2. The van der Waals surface area contributed by atoms with E-state index in [0.29, 0.717) is 11.3 Å². The summed E-state index contributed by atoms with van der Waals surface area (Å²) in [7, 11) is 1.52. The zero-order valence-electron chi connectivity index (χ0n) is 16.7. The molecule has 0 fully saturated rings. The van der Waals surface area contributed by atoms with Crippen molar-refractivity contribution in [3.63, 3.8) is 0 Å². The fourth-order valence-corrected chi connectivity index (χ4v) is 4.27. The molecule has 4 rings (SSSR count). The van der Waals surface area contributed by atoms with Gasteiger partial charge in [0.15, 0.2) is 0 Å². The van der Waals surface area contributed by atoms with Gasteiger partial charge in [-0.15, -0.1) is 0 Å². The van der Waals surface area contributed by atoms with E-state index in [4.69, 9.17) is 4.74 Å². The molecule has 3 aromatic rings. The van der Waals surface area contributed by atoms with E-state index in [1.54, 1.807) is 24.3 Å². The minimum Gasteiger partial charge on any atom is -0.497 e. The molecule has 162 valence electrons. The molecule has 0 aromatic heterocycles. The number of nitrogens with zero attached hydrogens (tertiary/aromatic N) is 1. The van der Waals surface area contributed by atoms with Gasteiger partial charge in [0.05, 0.1) is 28.8 Å². The topological polar surface area (TPSA) is 46.6 Å². The van der Waals surface area contributed by atoms with Crippen LogP contribution >= 0.6 is 11.8 Å². The number of alkyl halides is 3. The van der Waals surface area contributed by atoms with E-state index in [1.165, 1.54) is 7.11 Å². The predicted octanol–water partition coefficient (Wildman–Crippen LogP) is 5.79. The van der Waals surface area contributed by atoms with Crippen LogP contribution in [0.1, 0.15) is 11.1 Å². The molecule has 4 nitrogen and oxygen atoms in total. The van der Waals surface area contributed by atoms with Crippen molar-refractivity contribution >= 4 is 34.8 Å². The molecule has 0 N–H and O–H groups in total. The second kappa shape index (κ2) is 8.55. The lowest BCUT2D eigenvalue weighted by Crippen LogP contribution is -2.31. The monoisotopic (exact) mass is 455 g/mol. The number of hydrogen-bond donors (Lipinski definition) is 0. The lowest BCUT2D eigenvalue weighted by Gasteiger charge is -2.16. The number of amides is 2. The van der Waals surface area contributed by atoms with Gasteiger partial charge in [0.25, 0.3) is 11.8 Å². The molecular weight excluding hydrogens is 439 g/mol. The standard InChI is InChI=1S/C24H16F3NO3S/c1-31-18-13-7-15(8-14-18)20-21(32-19-5-3-2-4-6-19)23(30)28(22(20)29)17-11-9-16(10-12-17)24(25,26)27/h2-14H,1H3. The number of benzene rings is 3. The minimum absolute atomic E-state index is 0.0719. The SMILES string of the molecule is COc1ccc(C2=C(Sc3ccccc3)C(=O)N(c3ccc(C(F)(F)F)cc3)C2=O)cc1. The van der Waals surface area contributed by atoms with Gasteiger partial charge in [-0.25, -0.2) is 4.90 Å². The number of thioether (sulfide) groups is 1. The zero-order chi connectivity index (χ0) is 22.9. The van der Waals surface area contributed by atoms with Crippen LogP contribution in [0.2, 0.25) is 0 Å². The first-order chi connectivity index (χ1) is 15.3. The van der Waals surface area contributed by atoms with Crippen LogP contribution in [0, 0.1) is 0 Å². The first-order valence-electron chi connectivity index (χ1n) is 9.47. The van der Waals surface area contributed by atoms with Gasteiger partial charge in [0, 0.05) is 4.90 Å². The molecule has 1 heterocycles. The van der Waals surface area contributed by atoms with Crippen molar-refractivity contribution in [1.82, 2.24) is 0 Å². The fraction of sp³-hybridized carbons (Fsp3) is 0.0833. The summed E-state index contributed by atoms with van der Waals surface area (Å²) in [5, 5.41) is 0. The highest BCUT2D eigenvalue weighted by Crippen LogP contribution is 2.42. The van der Waals surface area contributed by atoms with Gasteiger partial charge < -0.3 is 4.74 Å². The minimum atomic E-state index is -4.52. The Morgan fingerprint density at radius 2 is 1.44 bits per heavy atom. The molecule has 0 spiro atoms. The summed E-state index contributed by atoms with van der Waals surface area (Å²) >= 11 is 1.14. The molecule has 32 heavy (non-hydrogen) atoms. The van der Waals surface area contributed by atoms with Crippen LogP contribution < -0.4 is 9.64 Å². The van der Waals surface area contributed by atoms with Gasteiger partial charge in [0.1, 0.15) is 5.75 Å². The molecule has 0 radical (unpaired) electrons. The first-order valence-corrected chi connectivity index (χ1v) is 10.3. The van der Waals surface area contributed by atoms with Crippen molar-refractivity contribution < 1.29 is 27.5 Å². The maximum absolute atomic E-state index is 13.3. The Morgan fingerprint density at radius 1 is 0.812 bits per heavy atom. The van der Waals surface area contributed by atoms with Gasteiger partial charge in [-0.2, -0.15) is 13.2 Å². The number of ether oxygens (including phenoxy) is 1. The van der Waals surface area contributed by atoms with E-state index in [0.717, 1.165) is 45.8 Å². The van der Waals surface area contributed by atoms with Crippen LogP contribution in [0.4, 0.5) is 18.9 Å². The van der Waals surface area contributed by atoms with E-state index in [1.807, 2.05) is 30.3 Å². The lowest BCUT2D eigenvalue weighted by molar-refractivity contribution is -0.137. The summed E-state index contributed by atoms with van der Waals surface area (Å²) in [6.45, 7) is 0. The van der Waals surface area contributed by atoms with Crippen molar-refractivity contribution in [1.29, 1.82) is 0 Å². The number of carbonyl (C=O) groups excluding carboxylic acids is 2. The number of imide groups is 1. The highest BCUT2D eigenvalue weighted by Gasteiger charge is 2.41. The van der Waals surface area contributed by atoms with Gasteiger partial charge in [0.2, 0.25) is 0 Å². The molecule has 0 bridgehead atoms. The van der Waals surface area contributed by atoms with Gasteiger partial charge in [-0.05, 0) is 54.1 Å². The van der Waals surface area contributed by atoms with Crippen LogP contribution in [-0.4, -0.2) is 18.9 Å². The highest BCUT2D eigenvalue weighted by molar-refractivity contribution is 8.04. The molecule has 0 unspecified atom stereocenters. The third-order valence-electron chi connectivity index (χ3n) is 4.84. The van der Waals surface area contributed by atoms with E-state index < -0.39 is 23.6 Å². The summed E-state index contributed by atoms with van der Waals surface area (Å²) in [4.78, 5) is 28.5. The van der Waals surface area contributed by atoms with Crippen LogP contribution in [0.5, 0.6) is 5.75 Å². The Hall–Kier alpha value is -3.52. The van der Waals surface area contributed by atoms with Crippen LogP contribution in [0.3, 0.4) is 0 Å².